The Morgan fingerprint density at radius 3 is 1.83 bits per heavy atom. The minimum absolute atomic E-state index is 0. The zero-order valence-electron chi connectivity index (χ0n) is 15.9. The number of benzene rings is 1. The molecule has 0 fully saturated rings. The molecule has 0 aliphatic heterocycles. The summed E-state index contributed by atoms with van der Waals surface area (Å²) in [7, 11) is -11.8. The van der Waals surface area contributed by atoms with Crippen molar-refractivity contribution in [3.05, 3.63) is 29.8 Å². The van der Waals surface area contributed by atoms with Crippen LogP contribution in [0.25, 0.3) is 0 Å². The minimum atomic E-state index is -5.06. The van der Waals surface area contributed by atoms with Crippen molar-refractivity contribution < 1.29 is 95.8 Å². The van der Waals surface area contributed by atoms with E-state index in [0.29, 0.717) is 0 Å². The number of rotatable bonds is 5. The summed E-state index contributed by atoms with van der Waals surface area (Å²) in [5, 5.41) is 10.6. The minimum Gasteiger partial charge on any atom is -1.00 e. The number of aliphatic hydroxyl groups excluding tert-OH is 1. The van der Waals surface area contributed by atoms with Crippen LogP contribution in [0.4, 0.5) is 0 Å². The number of hydrogen-bond donors (Lipinski definition) is 5. The molecule has 1 aromatic rings. The molecule has 5 N–H and O–H groups in total. The zero-order chi connectivity index (χ0) is 16.6. The second-order valence-corrected chi connectivity index (χ2v) is 14.4. The van der Waals surface area contributed by atoms with Gasteiger partial charge in [-0.1, -0.05) is 49.1 Å². The van der Waals surface area contributed by atoms with Crippen LogP contribution in [0.2, 0.25) is 19.6 Å². The molecular formula is C11H22Na2O7P2Si. The van der Waals surface area contributed by atoms with Crippen LogP contribution in [0.3, 0.4) is 0 Å². The van der Waals surface area contributed by atoms with Crippen LogP contribution < -0.4 is 64.3 Å². The van der Waals surface area contributed by atoms with E-state index < -0.39 is 34.8 Å². The molecule has 0 amide bonds. The van der Waals surface area contributed by atoms with E-state index in [2.05, 4.69) is 0 Å². The maximum atomic E-state index is 11.6. The molecule has 0 radical (unpaired) electrons. The van der Waals surface area contributed by atoms with Gasteiger partial charge < -0.3 is 27.5 Å². The SMILES string of the molecule is C[Si](C)(C)c1cccc(C(C(O)P(=O)(O)O)P(=O)(O)O)c1.[H-].[H-].[Na+].[Na+]. The van der Waals surface area contributed by atoms with Crippen molar-refractivity contribution in [3.63, 3.8) is 0 Å². The van der Waals surface area contributed by atoms with Gasteiger partial charge in [0.25, 0.3) is 0 Å². The van der Waals surface area contributed by atoms with Gasteiger partial charge in [0.2, 0.25) is 0 Å². The van der Waals surface area contributed by atoms with E-state index in [1.165, 1.54) is 12.1 Å². The van der Waals surface area contributed by atoms with Gasteiger partial charge in [0, 0.05) is 0 Å². The fourth-order valence-corrected chi connectivity index (χ4v) is 5.59. The molecule has 0 aliphatic carbocycles. The van der Waals surface area contributed by atoms with E-state index >= 15 is 0 Å². The van der Waals surface area contributed by atoms with E-state index in [4.69, 9.17) is 9.79 Å². The maximum Gasteiger partial charge on any atom is 1.00 e. The van der Waals surface area contributed by atoms with Crippen molar-refractivity contribution in [2.45, 2.75) is 31.1 Å². The van der Waals surface area contributed by atoms with Crippen LogP contribution in [0.1, 0.15) is 14.1 Å². The molecular weight excluding hydrogens is 380 g/mol. The Hall–Kier alpha value is 1.70. The Morgan fingerprint density at radius 1 is 1.00 bits per heavy atom. The quantitative estimate of drug-likeness (QED) is 0.246. The topological polar surface area (TPSA) is 135 Å². The molecule has 0 spiro atoms. The smallest absolute Gasteiger partial charge is 1.00 e. The molecule has 0 heterocycles. The van der Waals surface area contributed by atoms with Gasteiger partial charge in [-0.15, -0.1) is 0 Å². The summed E-state index contributed by atoms with van der Waals surface area (Å²) in [5.41, 5.74) is -1.92. The largest absolute Gasteiger partial charge is 1.00 e. The van der Waals surface area contributed by atoms with Crippen molar-refractivity contribution in [2.75, 3.05) is 0 Å². The van der Waals surface area contributed by atoms with Gasteiger partial charge in [-0.3, -0.25) is 9.13 Å². The van der Waals surface area contributed by atoms with E-state index in [0.717, 1.165) is 5.19 Å². The zero-order valence-corrected chi connectivity index (χ0v) is 20.7. The molecule has 23 heavy (non-hydrogen) atoms. The Labute approximate surface area is 183 Å². The van der Waals surface area contributed by atoms with Crippen LogP contribution >= 0.6 is 15.2 Å². The third kappa shape index (κ3) is 7.85. The Bertz CT molecular complexity index is 621. The second kappa shape index (κ2) is 9.58. The predicted molar refractivity (Wildman–Crippen MR) is 84.5 cm³/mol. The monoisotopic (exact) mass is 402 g/mol. The van der Waals surface area contributed by atoms with Gasteiger partial charge in [-0.05, 0) is 5.56 Å². The number of hydrogen-bond acceptors (Lipinski definition) is 3. The van der Waals surface area contributed by atoms with Gasteiger partial charge in [0.1, 0.15) is 5.66 Å². The van der Waals surface area contributed by atoms with E-state index in [-0.39, 0.29) is 67.5 Å². The van der Waals surface area contributed by atoms with Crippen LogP contribution in [-0.4, -0.2) is 38.6 Å². The first-order valence-electron chi connectivity index (χ1n) is 6.13. The summed E-state index contributed by atoms with van der Waals surface area (Å²) in [6.45, 7) is 6.08. The van der Waals surface area contributed by atoms with Crippen molar-refractivity contribution in [2.24, 2.45) is 0 Å². The fourth-order valence-electron chi connectivity index (χ4n) is 1.91. The summed E-state index contributed by atoms with van der Waals surface area (Å²) in [6, 6.07) is 6.23. The van der Waals surface area contributed by atoms with Gasteiger partial charge in [0.15, 0.2) is 5.85 Å². The first-order chi connectivity index (χ1) is 9.24. The van der Waals surface area contributed by atoms with Gasteiger partial charge >= 0.3 is 74.3 Å². The normalized spacial score (nSPS) is 15.1. The molecule has 0 aliphatic rings. The summed E-state index contributed by atoms with van der Waals surface area (Å²) in [4.78, 5) is 36.8. The van der Waals surface area contributed by atoms with Crippen LogP contribution in [0, 0.1) is 0 Å². The maximum absolute atomic E-state index is 11.6. The molecule has 1 aromatic carbocycles. The van der Waals surface area contributed by atoms with Crippen LogP contribution in [0.5, 0.6) is 0 Å². The van der Waals surface area contributed by atoms with Gasteiger partial charge in [0.05, 0.1) is 8.07 Å². The molecule has 0 saturated carbocycles. The van der Waals surface area contributed by atoms with Crippen molar-refractivity contribution in [1.82, 2.24) is 0 Å². The first-order valence-corrected chi connectivity index (χ1v) is 13.0. The standard InChI is InChI=1S/C11H20O7P2Si.2Na.2H/c1-21(2,3)9-6-4-5-8(7-9)10(19(13,14)15)11(12)20(16,17)18;;;;/h4-7,10-12H,1-3H3,(H2,13,14,15)(H2,16,17,18);;;;/q;2*+1;2*-1. The summed E-state index contributed by atoms with van der Waals surface area (Å²) in [5.74, 6) is -2.45. The van der Waals surface area contributed by atoms with Crippen LogP contribution in [0.15, 0.2) is 24.3 Å². The van der Waals surface area contributed by atoms with Gasteiger partial charge in [-0.2, -0.15) is 0 Å². The Kier molecular flexibility index (Phi) is 11.2. The summed E-state index contributed by atoms with van der Waals surface area (Å²) in [6.07, 6.45) is 0. The molecule has 12 heteroatoms. The third-order valence-electron chi connectivity index (χ3n) is 3.08. The molecule has 0 bridgehead atoms. The number of aliphatic hydroxyl groups is 1. The molecule has 7 nitrogen and oxygen atoms in total. The van der Waals surface area contributed by atoms with E-state index in [9.17, 15) is 24.0 Å². The summed E-state index contributed by atoms with van der Waals surface area (Å²) < 4.78 is 22.8. The molecule has 124 valence electrons. The second-order valence-electron chi connectivity index (χ2n) is 5.91. The van der Waals surface area contributed by atoms with Gasteiger partial charge in [-0.25, -0.2) is 0 Å². The third-order valence-corrected chi connectivity index (χ3v) is 7.65. The predicted octanol–water partition coefficient (Wildman–Crippen LogP) is -4.82. The average molecular weight is 402 g/mol. The molecule has 1 rings (SSSR count). The molecule has 2 unspecified atom stereocenters. The average Bonchev–Trinajstić information content (AvgIpc) is 2.25. The Balaban J connectivity index is -0.000000551. The molecule has 0 aromatic heterocycles. The summed E-state index contributed by atoms with van der Waals surface area (Å²) >= 11 is 0. The van der Waals surface area contributed by atoms with E-state index in [1.807, 2.05) is 19.6 Å². The van der Waals surface area contributed by atoms with E-state index in [1.54, 1.807) is 12.1 Å². The van der Waals surface area contributed by atoms with Crippen molar-refractivity contribution in [1.29, 1.82) is 0 Å². The van der Waals surface area contributed by atoms with Crippen LogP contribution in [-0.2, 0) is 9.13 Å². The molecule has 2 atom stereocenters. The fraction of sp³-hybridized carbons (Fsp3) is 0.455. The first kappa shape index (κ1) is 26.9. The Morgan fingerprint density at radius 2 is 1.48 bits per heavy atom. The van der Waals surface area contributed by atoms with Crippen molar-refractivity contribution >= 4 is 28.5 Å². The van der Waals surface area contributed by atoms with Crippen molar-refractivity contribution in [3.8, 4) is 0 Å². The molecule has 0 saturated heterocycles.